The van der Waals surface area contributed by atoms with Crippen LogP contribution in [0.2, 0.25) is 0 Å². The maximum atomic E-state index is 13.2. The van der Waals surface area contributed by atoms with Gasteiger partial charge in [-0.1, -0.05) is 0 Å². The number of rotatable bonds is 4. The number of likely N-dealkylation sites (tertiary alicyclic amines) is 1. The Morgan fingerprint density at radius 1 is 1.29 bits per heavy atom. The molecule has 3 atom stereocenters. The highest BCUT2D eigenvalue weighted by Crippen LogP contribution is 2.60. The minimum absolute atomic E-state index is 0.0266. The number of nitriles is 1. The summed E-state index contributed by atoms with van der Waals surface area (Å²) >= 11 is 0. The minimum Gasteiger partial charge on any atom is -0.481 e. The SMILES string of the molecule is N#CNC(CN1CCCC1C(F)(F)F)=NC1C2CC3CC1CC(C(=O)O)(C3)C2. The van der Waals surface area contributed by atoms with Crippen molar-refractivity contribution in [2.75, 3.05) is 13.1 Å². The Hall–Kier alpha value is -1.82. The Labute approximate surface area is 161 Å². The van der Waals surface area contributed by atoms with Gasteiger partial charge in [-0.2, -0.15) is 18.4 Å². The molecule has 1 saturated heterocycles. The van der Waals surface area contributed by atoms with E-state index in [2.05, 4.69) is 5.32 Å². The average Bonchev–Trinajstić information content (AvgIpc) is 3.06. The Kier molecular flexibility index (Phi) is 4.81. The first-order valence-corrected chi connectivity index (χ1v) is 9.98. The normalized spacial score (nSPS) is 40.5. The number of nitrogens with zero attached hydrogens (tertiary/aromatic N) is 3. The zero-order chi connectivity index (χ0) is 20.1. The van der Waals surface area contributed by atoms with Crippen LogP contribution < -0.4 is 5.32 Å². The lowest BCUT2D eigenvalue weighted by Gasteiger charge is -2.57. The van der Waals surface area contributed by atoms with E-state index in [1.807, 2.05) is 6.19 Å². The standard InChI is InChI=1S/C19H25F3N4O2/c20-19(21,22)14-2-1-3-26(14)9-15(24-10-23)25-16-12-4-11-5-13(16)8-18(6-11,7-12)17(27)28/h11-14,16H,1-9H2,(H,24,25)(H,27,28). The highest BCUT2D eigenvalue weighted by molar-refractivity contribution is 5.85. The van der Waals surface area contributed by atoms with Crippen molar-refractivity contribution in [1.29, 1.82) is 5.26 Å². The molecule has 5 aliphatic rings. The number of aliphatic imine (C=N–C) groups is 1. The Morgan fingerprint density at radius 3 is 2.54 bits per heavy atom. The van der Waals surface area contributed by atoms with Crippen molar-refractivity contribution in [2.24, 2.45) is 28.2 Å². The van der Waals surface area contributed by atoms with E-state index >= 15 is 0 Å². The van der Waals surface area contributed by atoms with Crippen LogP contribution in [0.25, 0.3) is 0 Å². The van der Waals surface area contributed by atoms with Crippen LogP contribution in [-0.2, 0) is 4.79 Å². The van der Waals surface area contributed by atoms with E-state index in [0.717, 1.165) is 19.3 Å². The van der Waals surface area contributed by atoms with Gasteiger partial charge in [-0.25, -0.2) is 0 Å². The van der Waals surface area contributed by atoms with Gasteiger partial charge in [0.2, 0.25) is 0 Å². The molecule has 0 amide bonds. The third-order valence-electron chi connectivity index (χ3n) is 7.28. The molecular weight excluding hydrogens is 373 g/mol. The molecule has 5 rings (SSSR count). The first-order chi connectivity index (χ1) is 13.2. The van der Waals surface area contributed by atoms with Crippen LogP contribution in [0.3, 0.4) is 0 Å². The molecule has 0 radical (unpaired) electrons. The van der Waals surface area contributed by atoms with Crippen LogP contribution in [0, 0.1) is 34.6 Å². The molecular formula is C19H25F3N4O2. The van der Waals surface area contributed by atoms with E-state index in [1.165, 1.54) is 4.90 Å². The van der Waals surface area contributed by atoms with Gasteiger partial charge in [0.1, 0.15) is 11.9 Å². The second kappa shape index (κ2) is 6.90. The molecule has 3 unspecified atom stereocenters. The number of carbonyl (C=O) groups is 1. The van der Waals surface area contributed by atoms with Crippen LogP contribution in [-0.4, -0.2) is 53.2 Å². The Balaban J connectivity index is 1.53. The summed E-state index contributed by atoms with van der Waals surface area (Å²) in [4.78, 5) is 17.9. The molecule has 4 bridgehead atoms. The van der Waals surface area contributed by atoms with Gasteiger partial charge in [-0.3, -0.25) is 20.0 Å². The number of hydrogen-bond acceptors (Lipinski definition) is 4. The van der Waals surface area contributed by atoms with E-state index in [1.54, 1.807) is 0 Å². The number of alkyl halides is 3. The summed E-state index contributed by atoms with van der Waals surface area (Å²) in [7, 11) is 0. The topological polar surface area (TPSA) is 88.7 Å². The first-order valence-electron chi connectivity index (χ1n) is 9.98. The van der Waals surface area contributed by atoms with Gasteiger partial charge in [0.15, 0.2) is 6.19 Å². The molecule has 0 aromatic carbocycles. The fourth-order valence-electron chi connectivity index (χ4n) is 6.41. The van der Waals surface area contributed by atoms with Crippen molar-refractivity contribution in [3.05, 3.63) is 0 Å². The molecule has 0 spiro atoms. The maximum Gasteiger partial charge on any atom is 0.404 e. The predicted octanol–water partition coefficient (Wildman–Crippen LogP) is 2.76. The maximum absolute atomic E-state index is 13.2. The highest BCUT2D eigenvalue weighted by atomic mass is 19.4. The molecule has 6 nitrogen and oxygen atoms in total. The van der Waals surface area contributed by atoms with E-state index in [9.17, 15) is 23.1 Å². The van der Waals surface area contributed by atoms with Crippen LogP contribution in [0.15, 0.2) is 4.99 Å². The second-order valence-corrected chi connectivity index (χ2v) is 9.03. The summed E-state index contributed by atoms with van der Waals surface area (Å²) in [5.41, 5.74) is -0.651. The van der Waals surface area contributed by atoms with Crippen LogP contribution >= 0.6 is 0 Å². The van der Waals surface area contributed by atoms with Gasteiger partial charge in [0, 0.05) is 0 Å². The fourth-order valence-corrected chi connectivity index (χ4v) is 6.41. The molecule has 154 valence electrons. The van der Waals surface area contributed by atoms with Crippen molar-refractivity contribution < 1.29 is 23.1 Å². The van der Waals surface area contributed by atoms with Crippen LogP contribution in [0.4, 0.5) is 13.2 Å². The lowest BCUT2D eigenvalue weighted by atomic mass is 9.48. The number of amidine groups is 1. The van der Waals surface area contributed by atoms with E-state index in [-0.39, 0.29) is 36.7 Å². The van der Waals surface area contributed by atoms with Gasteiger partial charge >= 0.3 is 12.1 Å². The summed E-state index contributed by atoms with van der Waals surface area (Å²) in [6, 6.07) is -1.60. The predicted molar refractivity (Wildman–Crippen MR) is 94.2 cm³/mol. The number of hydrogen-bond donors (Lipinski definition) is 2. The third-order valence-corrected chi connectivity index (χ3v) is 7.28. The Morgan fingerprint density at radius 2 is 1.96 bits per heavy atom. The highest BCUT2D eigenvalue weighted by Gasteiger charge is 2.59. The van der Waals surface area contributed by atoms with Gasteiger partial charge in [0.05, 0.1) is 18.0 Å². The van der Waals surface area contributed by atoms with E-state index in [0.29, 0.717) is 31.7 Å². The van der Waals surface area contributed by atoms with Crippen LogP contribution in [0.1, 0.15) is 44.9 Å². The number of carboxylic acid groups (broad SMARTS) is 1. The molecule has 9 heteroatoms. The van der Waals surface area contributed by atoms with Crippen LogP contribution in [0.5, 0.6) is 0 Å². The van der Waals surface area contributed by atoms with E-state index in [4.69, 9.17) is 10.3 Å². The lowest BCUT2D eigenvalue weighted by molar-refractivity contribution is -0.174. The second-order valence-electron chi connectivity index (χ2n) is 9.03. The van der Waals surface area contributed by atoms with E-state index < -0.39 is 23.6 Å². The number of carboxylic acids is 1. The minimum atomic E-state index is -4.29. The molecule has 4 aliphatic carbocycles. The summed E-state index contributed by atoms with van der Waals surface area (Å²) < 4.78 is 39.7. The smallest absolute Gasteiger partial charge is 0.404 e. The van der Waals surface area contributed by atoms with Crippen molar-refractivity contribution in [1.82, 2.24) is 10.2 Å². The van der Waals surface area contributed by atoms with Gasteiger partial charge in [0.25, 0.3) is 0 Å². The third kappa shape index (κ3) is 3.36. The number of halogens is 3. The van der Waals surface area contributed by atoms with Gasteiger partial charge in [-0.15, -0.1) is 0 Å². The van der Waals surface area contributed by atoms with Crippen molar-refractivity contribution in [2.45, 2.75) is 63.2 Å². The molecule has 5 fully saturated rings. The largest absolute Gasteiger partial charge is 0.481 e. The first kappa shape index (κ1) is 19.5. The molecule has 1 aliphatic heterocycles. The lowest BCUT2D eigenvalue weighted by Crippen LogP contribution is -2.56. The summed E-state index contributed by atoms with van der Waals surface area (Å²) in [6.07, 6.45) is 1.81. The average molecular weight is 398 g/mol. The molecule has 4 saturated carbocycles. The monoisotopic (exact) mass is 398 g/mol. The molecule has 28 heavy (non-hydrogen) atoms. The molecule has 0 aromatic rings. The summed E-state index contributed by atoms with van der Waals surface area (Å²) in [5.74, 6) is 0.223. The number of aliphatic carboxylic acids is 1. The van der Waals surface area contributed by atoms with Crippen molar-refractivity contribution >= 4 is 11.8 Å². The Bertz CT molecular complexity index is 701. The zero-order valence-corrected chi connectivity index (χ0v) is 15.6. The summed E-state index contributed by atoms with van der Waals surface area (Å²) in [6.45, 7) is 0.305. The van der Waals surface area contributed by atoms with Gasteiger partial charge < -0.3 is 5.11 Å². The van der Waals surface area contributed by atoms with Crippen molar-refractivity contribution in [3.63, 3.8) is 0 Å². The fraction of sp³-hybridized carbons (Fsp3) is 0.842. The summed E-state index contributed by atoms with van der Waals surface area (Å²) in [5, 5.41) is 21.3. The molecule has 0 aromatic heterocycles. The molecule has 1 heterocycles. The zero-order valence-electron chi connectivity index (χ0n) is 15.6. The molecule has 2 N–H and O–H groups in total. The van der Waals surface area contributed by atoms with Crippen molar-refractivity contribution in [3.8, 4) is 6.19 Å². The van der Waals surface area contributed by atoms with Gasteiger partial charge in [-0.05, 0) is 69.2 Å². The number of nitrogens with one attached hydrogen (secondary N) is 1. The quantitative estimate of drug-likeness (QED) is 0.329.